The Kier molecular flexibility index (Phi) is 3.43. The van der Waals surface area contributed by atoms with Gasteiger partial charge in [0.2, 0.25) is 0 Å². The first-order valence-electron chi connectivity index (χ1n) is 7.72. The highest BCUT2D eigenvalue weighted by Crippen LogP contribution is 2.31. The first-order valence-corrected chi connectivity index (χ1v) is 7.72. The smallest absolute Gasteiger partial charge is 0.280 e. The molecule has 0 aliphatic heterocycles. The second-order valence-corrected chi connectivity index (χ2v) is 5.74. The number of benzene rings is 2. The molecule has 0 radical (unpaired) electrons. The van der Waals surface area contributed by atoms with Gasteiger partial charge in [-0.2, -0.15) is 4.98 Å². The molecule has 0 fully saturated rings. The molecule has 0 spiro atoms. The molecule has 0 atom stereocenters. The van der Waals surface area contributed by atoms with E-state index in [0.29, 0.717) is 5.39 Å². The number of hydrogen-bond donors (Lipinski definition) is 1. The number of pyridine rings is 1. The third-order valence-corrected chi connectivity index (χ3v) is 4.06. The minimum absolute atomic E-state index is 0.222. The summed E-state index contributed by atoms with van der Waals surface area (Å²) in [4.78, 5) is 23.2. The summed E-state index contributed by atoms with van der Waals surface area (Å²) in [6.45, 7) is 2.07. The van der Waals surface area contributed by atoms with Crippen LogP contribution in [0, 0.1) is 6.92 Å². The quantitative estimate of drug-likeness (QED) is 0.609. The van der Waals surface area contributed by atoms with Gasteiger partial charge in [-0.05, 0) is 36.8 Å². The molecule has 0 saturated heterocycles. The van der Waals surface area contributed by atoms with Crippen molar-refractivity contribution >= 4 is 10.9 Å². The van der Waals surface area contributed by atoms with Crippen molar-refractivity contribution in [3.05, 3.63) is 83.0 Å². The lowest BCUT2D eigenvalue weighted by Gasteiger charge is -2.10. The average Bonchev–Trinajstić information content (AvgIpc) is 2.62. The number of nitrogens with zero attached hydrogens (tertiary/aromatic N) is 2. The summed E-state index contributed by atoms with van der Waals surface area (Å²) in [5.41, 5.74) is 5.78. The van der Waals surface area contributed by atoms with Crippen LogP contribution in [0.3, 0.4) is 0 Å². The first kappa shape index (κ1) is 14.3. The van der Waals surface area contributed by atoms with Crippen molar-refractivity contribution in [2.24, 2.45) is 0 Å². The van der Waals surface area contributed by atoms with Gasteiger partial charge in [-0.15, -0.1) is 0 Å². The Bertz CT molecular complexity index is 1100. The lowest BCUT2D eigenvalue weighted by atomic mass is 9.98. The van der Waals surface area contributed by atoms with E-state index in [1.54, 1.807) is 6.20 Å². The van der Waals surface area contributed by atoms with Gasteiger partial charge in [-0.1, -0.05) is 35.9 Å². The normalized spacial score (nSPS) is 10.9. The Balaban J connectivity index is 1.93. The number of nitrogens with one attached hydrogen (secondary N) is 1. The maximum absolute atomic E-state index is 11.8. The summed E-state index contributed by atoms with van der Waals surface area (Å²) in [5, 5.41) is 0.585. The fourth-order valence-electron chi connectivity index (χ4n) is 2.91. The van der Waals surface area contributed by atoms with Crippen LogP contribution in [-0.2, 0) is 0 Å². The van der Waals surface area contributed by atoms with Gasteiger partial charge in [0.25, 0.3) is 5.56 Å². The van der Waals surface area contributed by atoms with E-state index in [-0.39, 0.29) is 5.56 Å². The monoisotopic (exact) mass is 313 g/mol. The second-order valence-electron chi connectivity index (χ2n) is 5.74. The fourth-order valence-corrected chi connectivity index (χ4v) is 2.91. The Morgan fingerprint density at radius 1 is 0.917 bits per heavy atom. The van der Waals surface area contributed by atoms with Crippen LogP contribution in [0.15, 0.2) is 71.9 Å². The van der Waals surface area contributed by atoms with E-state index >= 15 is 0 Å². The maximum Gasteiger partial charge on any atom is 0.280 e. The Morgan fingerprint density at radius 2 is 1.83 bits per heavy atom. The van der Waals surface area contributed by atoms with Crippen molar-refractivity contribution in [3.63, 3.8) is 0 Å². The van der Waals surface area contributed by atoms with Gasteiger partial charge in [0.1, 0.15) is 0 Å². The van der Waals surface area contributed by atoms with Gasteiger partial charge >= 0.3 is 0 Å². The molecule has 2 aromatic carbocycles. The number of fused-ring (bicyclic) bond motifs is 1. The fraction of sp³-hybridized carbons (Fsp3) is 0.0500. The van der Waals surface area contributed by atoms with E-state index in [4.69, 9.17) is 0 Å². The zero-order chi connectivity index (χ0) is 16.5. The standard InChI is InChI=1S/C20H15N3O/c1-13-4-2-5-15(10-13)19-16(6-3-9-21-19)14-7-8-17-18(11-14)22-12-23-20(17)24/h2-12H,1H3,(H,22,23,24). The molecule has 4 rings (SSSR count). The lowest BCUT2D eigenvalue weighted by Crippen LogP contribution is -2.05. The van der Waals surface area contributed by atoms with Gasteiger partial charge < -0.3 is 4.98 Å². The topological polar surface area (TPSA) is 58.6 Å². The minimum atomic E-state index is -0.222. The van der Waals surface area contributed by atoms with Crippen LogP contribution >= 0.6 is 0 Å². The number of hydrogen-bond acceptors (Lipinski definition) is 3. The number of H-pyrrole nitrogens is 1. The van der Waals surface area contributed by atoms with E-state index in [9.17, 15) is 4.79 Å². The van der Waals surface area contributed by atoms with Crippen LogP contribution < -0.4 is 5.56 Å². The van der Waals surface area contributed by atoms with Gasteiger partial charge in [0.05, 0.1) is 22.9 Å². The van der Waals surface area contributed by atoms with E-state index < -0.39 is 0 Å². The molecule has 0 saturated carbocycles. The third kappa shape index (κ3) is 2.48. The largest absolute Gasteiger partial charge is 0.346 e. The van der Waals surface area contributed by atoms with E-state index in [2.05, 4.69) is 40.1 Å². The van der Waals surface area contributed by atoms with Crippen LogP contribution in [0.25, 0.3) is 33.3 Å². The molecule has 0 unspecified atom stereocenters. The van der Waals surface area contributed by atoms with Crippen LogP contribution in [0.2, 0.25) is 0 Å². The van der Waals surface area contributed by atoms with Crippen molar-refractivity contribution < 1.29 is 0 Å². The first-order chi connectivity index (χ1) is 11.7. The lowest BCUT2D eigenvalue weighted by molar-refractivity contribution is 1.17. The van der Waals surface area contributed by atoms with Crippen LogP contribution in [0.1, 0.15) is 5.56 Å². The Hall–Kier alpha value is -3.27. The molecule has 2 aromatic heterocycles. The minimum Gasteiger partial charge on any atom is -0.346 e. The average molecular weight is 313 g/mol. The zero-order valence-electron chi connectivity index (χ0n) is 13.2. The molecule has 2 heterocycles. The summed E-state index contributed by atoms with van der Waals surface area (Å²) in [6, 6.07) is 18.0. The van der Waals surface area contributed by atoms with Crippen LogP contribution in [0.5, 0.6) is 0 Å². The molecule has 0 amide bonds. The number of aromatic amines is 1. The SMILES string of the molecule is Cc1cccc(-c2ncccc2-c2ccc3c(=O)nc[nH]c3c2)c1. The van der Waals surface area contributed by atoms with E-state index in [1.165, 1.54) is 11.9 Å². The Morgan fingerprint density at radius 3 is 2.71 bits per heavy atom. The van der Waals surface area contributed by atoms with Crippen molar-refractivity contribution in [1.82, 2.24) is 15.0 Å². The molecule has 1 N–H and O–H groups in total. The predicted octanol–water partition coefficient (Wildman–Crippen LogP) is 3.96. The number of aromatic nitrogens is 3. The molecular weight excluding hydrogens is 298 g/mol. The van der Waals surface area contributed by atoms with E-state index in [0.717, 1.165) is 27.9 Å². The van der Waals surface area contributed by atoms with Crippen molar-refractivity contribution in [2.75, 3.05) is 0 Å². The predicted molar refractivity (Wildman–Crippen MR) is 95.8 cm³/mol. The molecule has 4 heteroatoms. The molecule has 4 aromatic rings. The summed E-state index contributed by atoms with van der Waals surface area (Å²) < 4.78 is 0. The highest BCUT2D eigenvalue weighted by Gasteiger charge is 2.10. The molecular formula is C20H15N3O. The summed E-state index contributed by atoms with van der Waals surface area (Å²) >= 11 is 0. The van der Waals surface area contributed by atoms with Crippen molar-refractivity contribution in [2.45, 2.75) is 6.92 Å². The third-order valence-electron chi connectivity index (χ3n) is 4.06. The van der Waals surface area contributed by atoms with Crippen molar-refractivity contribution in [3.8, 4) is 22.4 Å². The van der Waals surface area contributed by atoms with Crippen LogP contribution in [-0.4, -0.2) is 15.0 Å². The molecule has 0 aliphatic carbocycles. The van der Waals surface area contributed by atoms with Crippen LogP contribution in [0.4, 0.5) is 0 Å². The Labute approximate surface area is 138 Å². The molecule has 24 heavy (non-hydrogen) atoms. The second kappa shape index (κ2) is 5.74. The number of aryl methyl sites for hydroxylation is 1. The van der Waals surface area contributed by atoms with Crippen molar-refractivity contribution in [1.29, 1.82) is 0 Å². The van der Waals surface area contributed by atoms with Gasteiger partial charge in [0, 0.05) is 17.3 Å². The highest BCUT2D eigenvalue weighted by molar-refractivity contribution is 5.87. The summed E-state index contributed by atoms with van der Waals surface area (Å²) in [5.74, 6) is 0. The zero-order valence-corrected chi connectivity index (χ0v) is 13.2. The summed E-state index contributed by atoms with van der Waals surface area (Å²) in [7, 11) is 0. The van der Waals surface area contributed by atoms with E-state index in [1.807, 2.05) is 36.4 Å². The summed E-state index contributed by atoms with van der Waals surface area (Å²) in [6.07, 6.45) is 3.23. The number of rotatable bonds is 2. The molecule has 4 nitrogen and oxygen atoms in total. The maximum atomic E-state index is 11.8. The van der Waals surface area contributed by atoms with Gasteiger partial charge in [0.15, 0.2) is 0 Å². The van der Waals surface area contributed by atoms with Gasteiger partial charge in [-0.3, -0.25) is 9.78 Å². The molecule has 0 aliphatic rings. The highest BCUT2D eigenvalue weighted by atomic mass is 16.1. The molecule has 0 bridgehead atoms. The van der Waals surface area contributed by atoms with Gasteiger partial charge in [-0.25, -0.2) is 0 Å². The molecule has 116 valence electrons.